The summed E-state index contributed by atoms with van der Waals surface area (Å²) in [6, 6.07) is 0. The van der Waals surface area contributed by atoms with Crippen LogP contribution in [-0.4, -0.2) is 18.0 Å². The fourth-order valence-corrected chi connectivity index (χ4v) is 4.25. The third-order valence-corrected chi connectivity index (χ3v) is 5.02. The highest BCUT2D eigenvalue weighted by atomic mass is 16.6. The molecule has 5 atom stereocenters. The highest BCUT2D eigenvalue weighted by Gasteiger charge is 2.46. The number of hydrogen-bond acceptors (Lipinski definition) is 2. The average molecular weight is 234 g/mol. The van der Waals surface area contributed by atoms with Crippen molar-refractivity contribution in [2.75, 3.05) is 6.61 Å². The maximum absolute atomic E-state index is 9.88. The second kappa shape index (κ2) is 4.25. The van der Waals surface area contributed by atoms with Crippen LogP contribution in [0.15, 0.2) is 23.8 Å². The van der Waals surface area contributed by atoms with E-state index in [1.54, 1.807) is 0 Å². The Morgan fingerprint density at radius 2 is 2.24 bits per heavy atom. The molecule has 0 aromatic carbocycles. The van der Waals surface area contributed by atoms with E-state index in [2.05, 4.69) is 19.6 Å². The Labute approximate surface area is 103 Å². The van der Waals surface area contributed by atoms with Gasteiger partial charge in [0.2, 0.25) is 0 Å². The van der Waals surface area contributed by atoms with E-state index in [0.29, 0.717) is 24.4 Å². The zero-order chi connectivity index (χ0) is 12.0. The van der Waals surface area contributed by atoms with Gasteiger partial charge in [0.25, 0.3) is 0 Å². The van der Waals surface area contributed by atoms with Crippen LogP contribution in [0.1, 0.15) is 32.6 Å². The van der Waals surface area contributed by atoms with E-state index in [1.807, 2.05) is 0 Å². The van der Waals surface area contributed by atoms with E-state index in [9.17, 15) is 5.11 Å². The normalized spacial score (nSPS) is 44.8. The van der Waals surface area contributed by atoms with Gasteiger partial charge < -0.3 is 9.84 Å². The third kappa shape index (κ3) is 1.78. The Morgan fingerprint density at radius 3 is 3.00 bits per heavy atom. The van der Waals surface area contributed by atoms with E-state index >= 15 is 0 Å². The van der Waals surface area contributed by atoms with Gasteiger partial charge in [-0.15, -0.1) is 0 Å². The van der Waals surface area contributed by atoms with Gasteiger partial charge in [-0.05, 0) is 55.9 Å². The molecule has 1 aliphatic heterocycles. The summed E-state index contributed by atoms with van der Waals surface area (Å²) >= 11 is 0. The number of hydrogen-bond donors (Lipinski definition) is 1. The number of aliphatic hydroxyl groups excluding tert-OH is 1. The lowest BCUT2D eigenvalue weighted by Gasteiger charge is -2.29. The van der Waals surface area contributed by atoms with Crippen LogP contribution in [0.5, 0.6) is 0 Å². The van der Waals surface area contributed by atoms with Crippen molar-refractivity contribution in [1.29, 1.82) is 0 Å². The number of ether oxygens (including phenoxy) is 1. The Kier molecular flexibility index (Phi) is 2.87. The average Bonchev–Trinajstić information content (AvgIpc) is 2.80. The second-order valence-corrected chi connectivity index (χ2v) is 5.94. The molecule has 3 aliphatic rings. The molecule has 0 bridgehead atoms. The standard InChI is InChI=1S/C15H22O2/c1-9(2)11-7-6-10-4-3-5-12-13(14(10)11)8-17-15(12)16/h5,10-11,13-16H,1,3-4,6-8H2,2H3/t10-,11+,13-,14+,15-/m0/s1. The summed E-state index contributed by atoms with van der Waals surface area (Å²) in [6.45, 7) is 7.04. The fraction of sp³-hybridized carbons (Fsp3) is 0.733. The van der Waals surface area contributed by atoms with Gasteiger partial charge >= 0.3 is 0 Å². The van der Waals surface area contributed by atoms with Crippen molar-refractivity contribution >= 4 is 0 Å². The first kappa shape index (κ1) is 11.5. The monoisotopic (exact) mass is 234 g/mol. The lowest BCUT2D eigenvalue weighted by atomic mass is 9.75. The van der Waals surface area contributed by atoms with E-state index < -0.39 is 6.29 Å². The highest BCUT2D eigenvalue weighted by molar-refractivity contribution is 5.21. The predicted octanol–water partition coefficient (Wildman–Crippen LogP) is 2.89. The van der Waals surface area contributed by atoms with Crippen molar-refractivity contribution < 1.29 is 9.84 Å². The van der Waals surface area contributed by atoms with Gasteiger partial charge in [-0.3, -0.25) is 0 Å². The summed E-state index contributed by atoms with van der Waals surface area (Å²) in [5, 5.41) is 9.88. The van der Waals surface area contributed by atoms with Crippen molar-refractivity contribution in [3.8, 4) is 0 Å². The minimum atomic E-state index is -0.634. The molecule has 2 fully saturated rings. The molecule has 2 heteroatoms. The summed E-state index contributed by atoms with van der Waals surface area (Å²) < 4.78 is 5.45. The van der Waals surface area contributed by atoms with Crippen LogP contribution in [0.4, 0.5) is 0 Å². The van der Waals surface area contributed by atoms with Gasteiger partial charge in [-0.25, -0.2) is 0 Å². The fourth-order valence-electron chi connectivity index (χ4n) is 4.25. The molecule has 1 N–H and O–H groups in total. The Balaban J connectivity index is 1.92. The minimum Gasteiger partial charge on any atom is -0.364 e. The van der Waals surface area contributed by atoms with Gasteiger partial charge in [0.15, 0.2) is 6.29 Å². The summed E-state index contributed by atoms with van der Waals surface area (Å²) in [7, 11) is 0. The van der Waals surface area contributed by atoms with Crippen molar-refractivity contribution in [2.45, 2.75) is 38.9 Å². The van der Waals surface area contributed by atoms with E-state index in [-0.39, 0.29) is 0 Å². The molecule has 3 rings (SSSR count). The molecule has 94 valence electrons. The zero-order valence-corrected chi connectivity index (χ0v) is 10.6. The first-order valence-electron chi connectivity index (χ1n) is 6.83. The molecule has 17 heavy (non-hydrogen) atoms. The Bertz CT molecular complexity index is 358. The van der Waals surface area contributed by atoms with Gasteiger partial charge in [0, 0.05) is 5.92 Å². The van der Waals surface area contributed by atoms with Gasteiger partial charge in [-0.2, -0.15) is 0 Å². The molecule has 0 aromatic heterocycles. The van der Waals surface area contributed by atoms with E-state index in [4.69, 9.17) is 4.74 Å². The van der Waals surface area contributed by atoms with Crippen LogP contribution in [-0.2, 0) is 4.74 Å². The van der Waals surface area contributed by atoms with Crippen molar-refractivity contribution in [1.82, 2.24) is 0 Å². The van der Waals surface area contributed by atoms with E-state index in [1.165, 1.54) is 24.8 Å². The molecule has 0 amide bonds. The molecule has 1 heterocycles. The number of fused-ring (bicyclic) bond motifs is 3. The number of rotatable bonds is 1. The van der Waals surface area contributed by atoms with E-state index in [0.717, 1.165) is 17.9 Å². The lowest BCUT2D eigenvalue weighted by Crippen LogP contribution is -2.26. The second-order valence-electron chi connectivity index (χ2n) is 5.94. The van der Waals surface area contributed by atoms with Gasteiger partial charge in [0.1, 0.15) is 0 Å². The number of allylic oxidation sites excluding steroid dienone is 2. The quantitative estimate of drug-likeness (QED) is 0.707. The van der Waals surface area contributed by atoms with Crippen LogP contribution in [0, 0.1) is 23.7 Å². The van der Waals surface area contributed by atoms with Crippen LogP contribution in [0.3, 0.4) is 0 Å². The van der Waals surface area contributed by atoms with Crippen molar-refractivity contribution in [3.63, 3.8) is 0 Å². The molecular formula is C15H22O2. The Morgan fingerprint density at radius 1 is 1.41 bits per heavy atom. The summed E-state index contributed by atoms with van der Waals surface area (Å²) in [6.07, 6.45) is 6.60. The molecule has 1 saturated carbocycles. The molecule has 0 spiro atoms. The molecule has 0 unspecified atom stereocenters. The predicted molar refractivity (Wildman–Crippen MR) is 67.3 cm³/mol. The van der Waals surface area contributed by atoms with Gasteiger partial charge in [0.05, 0.1) is 6.61 Å². The number of aliphatic hydroxyl groups is 1. The summed E-state index contributed by atoms with van der Waals surface area (Å²) in [4.78, 5) is 0. The summed E-state index contributed by atoms with van der Waals surface area (Å²) in [5.74, 6) is 2.56. The third-order valence-electron chi connectivity index (χ3n) is 5.02. The molecule has 1 saturated heterocycles. The topological polar surface area (TPSA) is 29.5 Å². The van der Waals surface area contributed by atoms with Gasteiger partial charge in [-0.1, -0.05) is 18.2 Å². The van der Waals surface area contributed by atoms with Crippen LogP contribution >= 0.6 is 0 Å². The molecule has 0 aromatic rings. The van der Waals surface area contributed by atoms with Crippen LogP contribution in [0.2, 0.25) is 0 Å². The first-order valence-corrected chi connectivity index (χ1v) is 6.83. The van der Waals surface area contributed by atoms with Crippen LogP contribution in [0.25, 0.3) is 0 Å². The maximum atomic E-state index is 9.88. The largest absolute Gasteiger partial charge is 0.364 e. The first-order chi connectivity index (χ1) is 8.18. The maximum Gasteiger partial charge on any atom is 0.177 e. The molecule has 2 aliphatic carbocycles. The zero-order valence-electron chi connectivity index (χ0n) is 10.6. The molecule has 2 nitrogen and oxygen atoms in total. The highest BCUT2D eigenvalue weighted by Crippen LogP contribution is 2.52. The van der Waals surface area contributed by atoms with Crippen molar-refractivity contribution in [2.24, 2.45) is 23.7 Å². The molecular weight excluding hydrogens is 212 g/mol. The Hall–Kier alpha value is -0.600. The lowest BCUT2D eigenvalue weighted by molar-refractivity contribution is -0.0432. The smallest absolute Gasteiger partial charge is 0.177 e. The minimum absolute atomic E-state index is 0.446. The SMILES string of the molecule is C=C(C)[C@H]1CC[C@@H]2CCC=C3[C@@H](O)OC[C@@H]3[C@H]21. The molecule has 0 radical (unpaired) electrons. The van der Waals surface area contributed by atoms with Crippen LogP contribution < -0.4 is 0 Å². The van der Waals surface area contributed by atoms with Crippen molar-refractivity contribution in [3.05, 3.63) is 23.8 Å². The summed E-state index contributed by atoms with van der Waals surface area (Å²) in [5.41, 5.74) is 2.48.